The van der Waals surface area contributed by atoms with Crippen molar-refractivity contribution in [3.8, 4) is 0 Å². The summed E-state index contributed by atoms with van der Waals surface area (Å²) in [5.41, 5.74) is 0. The Bertz CT molecular complexity index is 58.0. The predicted octanol–water partition coefficient (Wildman–Crippen LogP) is 2.35. The summed E-state index contributed by atoms with van der Waals surface area (Å²) in [5, 5.41) is 0. The van der Waals surface area contributed by atoms with Crippen molar-refractivity contribution < 1.29 is 21.1 Å². The van der Waals surface area contributed by atoms with Crippen LogP contribution in [0.5, 0.6) is 0 Å². The van der Waals surface area contributed by atoms with Gasteiger partial charge < -0.3 is 11.8 Å². The van der Waals surface area contributed by atoms with Gasteiger partial charge in [-0.05, 0) is 31.8 Å². The van der Waals surface area contributed by atoms with Gasteiger partial charge in [0.1, 0.15) is 0 Å². The first kappa shape index (κ1) is 14.2. The Morgan fingerprint density at radius 1 is 1.18 bits per heavy atom. The first-order valence-electron chi connectivity index (χ1n) is 4.05. The van der Waals surface area contributed by atoms with Crippen LogP contribution in [0.25, 0.3) is 0 Å². The molecule has 1 aliphatic heterocycles. The summed E-state index contributed by atoms with van der Waals surface area (Å²) in [7, 11) is 3.87. The van der Waals surface area contributed by atoms with Gasteiger partial charge in [0, 0.05) is 0 Å². The van der Waals surface area contributed by atoms with E-state index in [-0.39, 0.29) is 21.1 Å². The molecule has 2 heteroatoms. The first-order chi connectivity index (χ1) is 4.79. The molecule has 11 heavy (non-hydrogen) atoms. The summed E-state index contributed by atoms with van der Waals surface area (Å²) in [6, 6.07) is 0. The maximum atomic E-state index is 3.87. The summed E-state index contributed by atoms with van der Waals surface area (Å²) < 4.78 is 0. The van der Waals surface area contributed by atoms with Crippen LogP contribution < -0.4 is 0 Å². The second-order valence-corrected chi connectivity index (χ2v) is 2.80. The Hall–Kier alpha value is 0.648. The van der Waals surface area contributed by atoms with E-state index in [0.29, 0.717) is 0 Å². The standard InChI is InChI=1S/C7H14N.C2H5.W/c1-7-3-5-8(2)6-4-7;1-2;/h7H,2-6H2,1H3;1H2,2H3;/q2*-1;+2. The molecule has 66 valence electrons. The smallest absolute Gasteiger partial charge is 0.459 e. The number of piperidine rings is 1. The maximum absolute atomic E-state index is 3.87. The molecule has 0 atom stereocenters. The average Bonchev–Trinajstić information content (AvgIpc) is 2.00. The summed E-state index contributed by atoms with van der Waals surface area (Å²) in [4.78, 5) is 2.15. The van der Waals surface area contributed by atoms with E-state index in [2.05, 4.69) is 25.8 Å². The fraction of sp³-hybridized carbons (Fsp3) is 0.778. The summed E-state index contributed by atoms with van der Waals surface area (Å²) in [6.07, 6.45) is 2.67. The van der Waals surface area contributed by atoms with E-state index in [1.54, 1.807) is 6.92 Å². The molecular weight excluding hydrogens is 306 g/mol. The molecular formula is C9H19NW. The molecule has 0 N–H and O–H groups in total. The molecule has 1 fully saturated rings. The minimum Gasteiger partial charge on any atom is -0.459 e. The van der Waals surface area contributed by atoms with Gasteiger partial charge in [0.15, 0.2) is 0 Å². The minimum atomic E-state index is 0. The van der Waals surface area contributed by atoms with Crippen molar-refractivity contribution in [1.82, 2.24) is 4.90 Å². The first-order valence-corrected chi connectivity index (χ1v) is 4.05. The number of hydrogen-bond acceptors (Lipinski definition) is 1. The number of rotatable bonds is 0. The van der Waals surface area contributed by atoms with Gasteiger partial charge in [0.05, 0.1) is 0 Å². The van der Waals surface area contributed by atoms with Crippen molar-refractivity contribution in [2.45, 2.75) is 26.7 Å². The van der Waals surface area contributed by atoms with Crippen LogP contribution in [0, 0.1) is 19.9 Å². The zero-order chi connectivity index (χ0) is 7.98. The van der Waals surface area contributed by atoms with Gasteiger partial charge in [-0.1, -0.05) is 6.92 Å². The Morgan fingerprint density at radius 2 is 1.55 bits per heavy atom. The van der Waals surface area contributed by atoms with Crippen LogP contribution in [0.3, 0.4) is 0 Å². The molecule has 1 nitrogen and oxygen atoms in total. The predicted molar refractivity (Wildman–Crippen MR) is 46.4 cm³/mol. The molecule has 0 aromatic rings. The normalized spacial score (nSPS) is 19.6. The van der Waals surface area contributed by atoms with E-state index in [9.17, 15) is 0 Å². The minimum absolute atomic E-state index is 0. The van der Waals surface area contributed by atoms with Crippen LogP contribution in [0.4, 0.5) is 0 Å². The fourth-order valence-electron chi connectivity index (χ4n) is 1.06. The molecule has 0 amide bonds. The number of likely N-dealkylation sites (tertiary alicyclic amines) is 1. The molecule has 1 saturated heterocycles. The summed E-state index contributed by atoms with van der Waals surface area (Å²) in [5.74, 6) is 0.938. The molecule has 0 aliphatic carbocycles. The fourth-order valence-corrected chi connectivity index (χ4v) is 1.06. The zero-order valence-electron chi connectivity index (χ0n) is 7.68. The molecule has 1 rings (SSSR count). The molecule has 0 unspecified atom stereocenters. The SMILES string of the molecule is [CH2-]C.[CH2-]N1CCC(C)CC1.[W+2]. The van der Waals surface area contributed by atoms with Crippen LogP contribution >= 0.6 is 0 Å². The molecule has 0 saturated carbocycles. The Kier molecular flexibility index (Phi) is 11.3. The maximum Gasteiger partial charge on any atom is 2.00 e. The third-order valence-corrected chi connectivity index (χ3v) is 1.88. The monoisotopic (exact) mass is 325 g/mol. The van der Waals surface area contributed by atoms with E-state index in [1.165, 1.54) is 25.9 Å². The quantitative estimate of drug-likeness (QED) is 0.618. The van der Waals surface area contributed by atoms with Gasteiger partial charge in [-0.2, -0.15) is 6.92 Å². The molecule has 1 aliphatic rings. The third-order valence-electron chi connectivity index (χ3n) is 1.88. The Balaban J connectivity index is 0. The van der Waals surface area contributed by atoms with E-state index in [1.807, 2.05) is 0 Å². The zero-order valence-corrected chi connectivity index (χ0v) is 10.6. The number of hydrogen-bond donors (Lipinski definition) is 0. The van der Waals surface area contributed by atoms with Gasteiger partial charge in [-0.25, -0.2) is 0 Å². The molecule has 0 aromatic heterocycles. The molecule has 0 aromatic carbocycles. The van der Waals surface area contributed by atoms with Gasteiger partial charge in [0.25, 0.3) is 0 Å². The van der Waals surface area contributed by atoms with Gasteiger partial charge in [-0.3, -0.25) is 7.05 Å². The van der Waals surface area contributed by atoms with E-state index >= 15 is 0 Å². The summed E-state index contributed by atoms with van der Waals surface area (Å²) in [6.45, 7) is 9.70. The van der Waals surface area contributed by atoms with E-state index < -0.39 is 0 Å². The molecule has 0 bridgehead atoms. The van der Waals surface area contributed by atoms with Gasteiger partial charge in [-0.15, -0.1) is 0 Å². The van der Waals surface area contributed by atoms with Gasteiger partial charge >= 0.3 is 21.1 Å². The van der Waals surface area contributed by atoms with Crippen molar-refractivity contribution in [3.63, 3.8) is 0 Å². The van der Waals surface area contributed by atoms with Gasteiger partial charge in [0.2, 0.25) is 0 Å². The van der Waals surface area contributed by atoms with Crippen LogP contribution in [0.2, 0.25) is 0 Å². The largest absolute Gasteiger partial charge is 2.00 e. The third kappa shape index (κ3) is 7.02. The van der Waals surface area contributed by atoms with Crippen LogP contribution in [0.15, 0.2) is 0 Å². The number of nitrogens with zero attached hydrogens (tertiary/aromatic N) is 1. The van der Waals surface area contributed by atoms with Crippen LogP contribution in [0.1, 0.15) is 26.7 Å². The van der Waals surface area contributed by atoms with Crippen LogP contribution in [-0.2, 0) is 21.1 Å². The molecule has 1 heterocycles. The average molecular weight is 325 g/mol. The van der Waals surface area contributed by atoms with Crippen molar-refractivity contribution in [2.24, 2.45) is 5.92 Å². The Morgan fingerprint density at radius 3 is 1.82 bits per heavy atom. The summed E-state index contributed by atoms with van der Waals surface area (Å²) >= 11 is 0. The van der Waals surface area contributed by atoms with Crippen molar-refractivity contribution >= 4 is 0 Å². The van der Waals surface area contributed by atoms with E-state index in [0.717, 1.165) is 5.92 Å². The van der Waals surface area contributed by atoms with Crippen LogP contribution in [-0.4, -0.2) is 18.0 Å². The van der Waals surface area contributed by atoms with E-state index in [4.69, 9.17) is 0 Å². The molecule has 0 radical (unpaired) electrons. The van der Waals surface area contributed by atoms with Crippen molar-refractivity contribution in [1.29, 1.82) is 0 Å². The topological polar surface area (TPSA) is 3.24 Å². The second kappa shape index (κ2) is 8.74. The second-order valence-electron chi connectivity index (χ2n) is 2.80. The molecule has 0 spiro atoms. The Labute approximate surface area is 85.8 Å². The van der Waals surface area contributed by atoms with Crippen molar-refractivity contribution in [3.05, 3.63) is 14.0 Å². The van der Waals surface area contributed by atoms with Crippen molar-refractivity contribution in [2.75, 3.05) is 13.1 Å².